The van der Waals surface area contributed by atoms with Gasteiger partial charge in [0.25, 0.3) is 11.8 Å². The van der Waals surface area contributed by atoms with Crippen molar-refractivity contribution >= 4 is 39.6 Å². The van der Waals surface area contributed by atoms with E-state index in [-0.39, 0.29) is 63.0 Å². The predicted octanol–water partition coefficient (Wildman–Crippen LogP) is 5.90. The van der Waals surface area contributed by atoms with Crippen LogP contribution in [0, 0.1) is 5.41 Å². The molecule has 0 bridgehead atoms. The number of hydrogen-bond acceptors (Lipinski definition) is 8. The van der Waals surface area contributed by atoms with Gasteiger partial charge in [-0.05, 0) is 37.7 Å². The number of anilines is 1. The van der Waals surface area contributed by atoms with Crippen molar-refractivity contribution in [2.45, 2.75) is 59.2 Å². The van der Waals surface area contributed by atoms with Gasteiger partial charge in [0.2, 0.25) is 0 Å². The van der Waals surface area contributed by atoms with Crippen LogP contribution in [0.3, 0.4) is 0 Å². The third-order valence-corrected chi connectivity index (χ3v) is 9.74. The summed E-state index contributed by atoms with van der Waals surface area (Å²) in [5.41, 5.74) is -1.69. The fourth-order valence-corrected chi connectivity index (χ4v) is 6.94. The number of carbonyl (C=O) groups excluding carboxylic acids is 2. The van der Waals surface area contributed by atoms with Gasteiger partial charge in [0, 0.05) is 44.0 Å². The molecule has 4 rings (SSSR count). The molecule has 9 nitrogen and oxygen atoms in total. The van der Waals surface area contributed by atoms with E-state index in [0.29, 0.717) is 13.1 Å². The smallest absolute Gasteiger partial charge is 0.370 e. The summed E-state index contributed by atoms with van der Waals surface area (Å²) in [6.07, 6.45) is -1.20. The molecule has 2 saturated heterocycles. The van der Waals surface area contributed by atoms with Gasteiger partial charge < -0.3 is 15.1 Å². The Kier molecular flexibility index (Phi) is 8.75. The minimum absolute atomic E-state index is 0.0131. The number of halogens is 3. The highest BCUT2D eigenvalue weighted by Crippen LogP contribution is 2.43. The first-order chi connectivity index (χ1) is 18.6. The van der Waals surface area contributed by atoms with Crippen LogP contribution in [0.1, 0.15) is 72.8 Å². The molecule has 1 atom stereocenters. The SMILES string of the molecule is CC1CCCCN1C(=O)c1nc(C(=O)N2CCS(O)(O)CC2)sc1-c1cnc(NCC(C)(C)C)cc1C(F)(F)F. The van der Waals surface area contributed by atoms with E-state index in [1.165, 1.54) is 4.90 Å². The number of thiazole rings is 1. The maximum atomic E-state index is 14.4. The van der Waals surface area contributed by atoms with Gasteiger partial charge in [0.15, 0.2) is 5.01 Å². The normalized spacial score (nSPS) is 20.8. The van der Waals surface area contributed by atoms with Gasteiger partial charge in [-0.15, -0.1) is 11.3 Å². The summed E-state index contributed by atoms with van der Waals surface area (Å²) < 4.78 is 63.0. The summed E-state index contributed by atoms with van der Waals surface area (Å²) >= 11 is 0.733. The van der Waals surface area contributed by atoms with Crippen LogP contribution in [0.5, 0.6) is 0 Å². The molecule has 2 aromatic rings. The zero-order valence-corrected chi connectivity index (χ0v) is 24.7. The second-order valence-corrected chi connectivity index (χ2v) is 15.0. The number of rotatable bonds is 5. The minimum Gasteiger partial charge on any atom is -0.370 e. The Morgan fingerprint density at radius 3 is 2.40 bits per heavy atom. The number of likely N-dealkylation sites (tertiary alicyclic amines) is 1. The molecule has 0 aliphatic carbocycles. The topological polar surface area (TPSA) is 119 Å². The van der Waals surface area contributed by atoms with Crippen molar-refractivity contribution in [2.24, 2.45) is 5.41 Å². The number of alkyl halides is 3. The average molecular weight is 604 g/mol. The second kappa shape index (κ2) is 11.5. The van der Waals surface area contributed by atoms with Crippen LogP contribution < -0.4 is 5.32 Å². The number of pyridine rings is 1. The van der Waals surface area contributed by atoms with E-state index in [9.17, 15) is 31.9 Å². The maximum absolute atomic E-state index is 14.4. The number of nitrogens with one attached hydrogen (secondary N) is 1. The Bertz CT molecular complexity index is 1250. The summed E-state index contributed by atoms with van der Waals surface area (Å²) in [4.78, 5) is 38.5. The highest BCUT2D eigenvalue weighted by molar-refractivity contribution is 8.24. The van der Waals surface area contributed by atoms with Gasteiger partial charge in [0.05, 0.1) is 21.9 Å². The van der Waals surface area contributed by atoms with Crippen LogP contribution in [0.15, 0.2) is 12.3 Å². The lowest BCUT2D eigenvalue weighted by atomic mass is 9.97. The maximum Gasteiger partial charge on any atom is 0.417 e. The second-order valence-electron chi connectivity index (χ2n) is 11.6. The zero-order chi connectivity index (χ0) is 29.5. The summed E-state index contributed by atoms with van der Waals surface area (Å²) in [5.74, 6) is -1.000. The van der Waals surface area contributed by atoms with Crippen LogP contribution in [-0.4, -0.2) is 84.4 Å². The Morgan fingerprint density at radius 1 is 1.12 bits per heavy atom. The van der Waals surface area contributed by atoms with Crippen molar-refractivity contribution in [3.8, 4) is 10.4 Å². The van der Waals surface area contributed by atoms with Crippen molar-refractivity contribution in [2.75, 3.05) is 43.0 Å². The van der Waals surface area contributed by atoms with Gasteiger partial charge in [-0.1, -0.05) is 20.8 Å². The average Bonchev–Trinajstić information content (AvgIpc) is 3.31. The summed E-state index contributed by atoms with van der Waals surface area (Å²) in [7, 11) is -2.76. The predicted molar refractivity (Wildman–Crippen MR) is 151 cm³/mol. The van der Waals surface area contributed by atoms with Gasteiger partial charge in [-0.2, -0.15) is 23.8 Å². The van der Waals surface area contributed by atoms with Gasteiger partial charge in [-0.3, -0.25) is 18.7 Å². The first-order valence-corrected chi connectivity index (χ1v) is 15.9. The lowest BCUT2D eigenvalue weighted by Crippen LogP contribution is -2.43. The molecule has 0 radical (unpaired) electrons. The summed E-state index contributed by atoms with van der Waals surface area (Å²) in [6, 6.07) is 0.807. The third-order valence-electron chi connectivity index (χ3n) is 6.99. The van der Waals surface area contributed by atoms with Gasteiger partial charge >= 0.3 is 6.18 Å². The molecule has 2 aromatic heterocycles. The molecule has 14 heteroatoms. The molecule has 222 valence electrons. The van der Waals surface area contributed by atoms with E-state index in [0.717, 1.165) is 42.9 Å². The first-order valence-electron chi connectivity index (χ1n) is 13.2. The first kappa shape index (κ1) is 30.5. The Balaban J connectivity index is 1.78. The van der Waals surface area contributed by atoms with Crippen molar-refractivity contribution < 1.29 is 31.9 Å². The molecule has 1 unspecified atom stereocenters. The molecule has 3 N–H and O–H groups in total. The highest BCUT2D eigenvalue weighted by Gasteiger charge is 2.39. The largest absolute Gasteiger partial charge is 0.417 e. The van der Waals surface area contributed by atoms with Crippen molar-refractivity contribution in [1.82, 2.24) is 19.8 Å². The van der Waals surface area contributed by atoms with E-state index < -0.39 is 34.1 Å². The van der Waals surface area contributed by atoms with Crippen LogP contribution in [0.25, 0.3) is 10.4 Å². The zero-order valence-electron chi connectivity index (χ0n) is 23.0. The lowest BCUT2D eigenvalue weighted by molar-refractivity contribution is -0.137. The van der Waals surface area contributed by atoms with E-state index in [1.54, 1.807) is 4.90 Å². The van der Waals surface area contributed by atoms with Crippen molar-refractivity contribution in [3.05, 3.63) is 28.5 Å². The highest BCUT2D eigenvalue weighted by atomic mass is 32.3. The summed E-state index contributed by atoms with van der Waals surface area (Å²) in [5, 5.41) is 2.82. The van der Waals surface area contributed by atoms with Gasteiger partial charge in [-0.25, -0.2) is 9.97 Å². The van der Waals surface area contributed by atoms with Crippen LogP contribution >= 0.6 is 21.9 Å². The summed E-state index contributed by atoms with van der Waals surface area (Å²) in [6.45, 7) is 8.71. The molecular formula is C26H36F3N5O4S2. The number of nitrogens with zero attached hydrogens (tertiary/aromatic N) is 4. The van der Waals surface area contributed by atoms with Crippen molar-refractivity contribution in [3.63, 3.8) is 0 Å². The third kappa shape index (κ3) is 7.07. The Labute approximate surface area is 237 Å². The minimum atomic E-state index is -4.76. The number of aromatic nitrogens is 2. The van der Waals surface area contributed by atoms with Gasteiger partial charge in [0.1, 0.15) is 11.5 Å². The molecule has 2 aliphatic heterocycles. The molecule has 0 aromatic carbocycles. The monoisotopic (exact) mass is 603 g/mol. The molecule has 2 aliphatic rings. The molecule has 4 heterocycles. The number of piperidine rings is 1. The number of hydrogen-bond donors (Lipinski definition) is 3. The fourth-order valence-electron chi connectivity index (χ4n) is 4.66. The number of carbonyl (C=O) groups is 2. The van der Waals surface area contributed by atoms with Crippen LogP contribution in [-0.2, 0) is 6.18 Å². The van der Waals surface area contributed by atoms with Crippen molar-refractivity contribution in [1.29, 1.82) is 0 Å². The Morgan fingerprint density at radius 2 is 1.80 bits per heavy atom. The Hall–Kier alpha value is -2.42. The van der Waals surface area contributed by atoms with E-state index in [4.69, 9.17) is 0 Å². The van der Waals surface area contributed by atoms with E-state index >= 15 is 0 Å². The van der Waals surface area contributed by atoms with E-state index in [1.807, 2.05) is 27.7 Å². The quantitative estimate of drug-likeness (QED) is 0.389. The number of amides is 2. The molecule has 0 spiro atoms. The van der Waals surface area contributed by atoms with Crippen LogP contribution in [0.2, 0.25) is 0 Å². The molecule has 2 fully saturated rings. The van der Waals surface area contributed by atoms with Crippen LogP contribution in [0.4, 0.5) is 19.0 Å². The molecule has 40 heavy (non-hydrogen) atoms. The van der Waals surface area contributed by atoms with E-state index in [2.05, 4.69) is 15.3 Å². The lowest BCUT2D eigenvalue weighted by Gasteiger charge is -2.40. The standard InChI is InChI=1S/C26H36F3N5O4S2/c1-16-7-5-6-8-34(16)23(35)20-21(39-22(32-20)24(36)33-9-11-40(37,38)12-10-33)17-14-30-19(31-15-25(2,3)4)13-18(17)26(27,28)29/h13-14,16,37-38H,5-12,15H2,1-4H3,(H,30,31). The molecule has 2 amide bonds. The molecular weight excluding hydrogens is 567 g/mol. The molecule has 0 saturated carbocycles. The fraction of sp³-hybridized carbons (Fsp3) is 0.615.